The van der Waals surface area contributed by atoms with Gasteiger partial charge in [0.25, 0.3) is 0 Å². The molecule has 1 amide bonds. The minimum atomic E-state index is -1.33. The second kappa shape index (κ2) is 9.43. The fourth-order valence-corrected chi connectivity index (χ4v) is 2.84. The summed E-state index contributed by atoms with van der Waals surface area (Å²) in [5.41, 5.74) is 7.86. The minimum Gasteiger partial charge on any atom is -0.507 e. The number of rotatable bonds is 8. The van der Waals surface area contributed by atoms with Crippen LogP contribution in [0.4, 0.5) is 5.69 Å². The predicted molar refractivity (Wildman–Crippen MR) is 117 cm³/mol. The molecule has 5 N–H and O–H groups in total. The van der Waals surface area contributed by atoms with Crippen LogP contribution in [0.15, 0.2) is 72.8 Å². The van der Waals surface area contributed by atoms with Crippen LogP contribution < -0.4 is 15.8 Å². The molecule has 0 unspecified atom stereocenters. The van der Waals surface area contributed by atoms with E-state index >= 15 is 0 Å². The molecular formula is C24H26N2O4. The number of nitrogens with one attached hydrogen (secondary N) is 1. The SMILES string of the molecule is C[C@](N)(CO)C(=O)Nc1ccc(OCCc2ccc(-c3ccccc3O)cc2)cc1. The second-order valence-electron chi connectivity index (χ2n) is 7.37. The molecule has 0 radical (unpaired) electrons. The first-order valence-corrected chi connectivity index (χ1v) is 9.70. The normalized spacial score (nSPS) is 12.8. The van der Waals surface area contributed by atoms with Crippen molar-refractivity contribution in [2.24, 2.45) is 5.73 Å². The number of hydrogen-bond acceptors (Lipinski definition) is 5. The van der Waals surface area contributed by atoms with E-state index in [1.165, 1.54) is 6.92 Å². The number of carbonyl (C=O) groups excluding carboxylic acids is 1. The standard InChI is InChI=1S/C24H26N2O4/c1-24(25,16-27)23(29)26-19-10-12-20(13-11-19)30-15-14-17-6-8-18(9-7-17)21-4-2-3-5-22(21)28/h2-13,27-28H,14-16,25H2,1H3,(H,26,29)/t24-/m0/s1. The summed E-state index contributed by atoms with van der Waals surface area (Å²) in [5, 5.41) is 21.8. The number of anilines is 1. The highest BCUT2D eigenvalue weighted by molar-refractivity contribution is 5.97. The van der Waals surface area contributed by atoms with Gasteiger partial charge in [-0.3, -0.25) is 4.79 Å². The average molecular weight is 406 g/mol. The highest BCUT2D eigenvalue weighted by Gasteiger charge is 2.27. The van der Waals surface area contributed by atoms with Crippen molar-refractivity contribution < 1.29 is 19.7 Å². The zero-order valence-corrected chi connectivity index (χ0v) is 16.8. The van der Waals surface area contributed by atoms with E-state index in [1.54, 1.807) is 36.4 Å². The van der Waals surface area contributed by atoms with Crippen LogP contribution in [0.5, 0.6) is 11.5 Å². The van der Waals surface area contributed by atoms with Crippen molar-refractivity contribution in [3.63, 3.8) is 0 Å². The summed E-state index contributed by atoms with van der Waals surface area (Å²) >= 11 is 0. The number of para-hydroxylation sites is 1. The maximum absolute atomic E-state index is 12.0. The Morgan fingerprint density at radius 3 is 2.33 bits per heavy atom. The van der Waals surface area contributed by atoms with Crippen LogP contribution in [0, 0.1) is 0 Å². The molecule has 1 atom stereocenters. The maximum atomic E-state index is 12.0. The molecule has 0 saturated heterocycles. The number of benzene rings is 3. The molecule has 0 aliphatic heterocycles. The summed E-state index contributed by atoms with van der Waals surface area (Å²) in [6, 6.07) is 22.3. The van der Waals surface area contributed by atoms with Crippen molar-refractivity contribution in [1.29, 1.82) is 0 Å². The molecule has 0 fully saturated rings. The molecule has 3 aromatic rings. The van der Waals surface area contributed by atoms with Gasteiger partial charge in [0, 0.05) is 17.7 Å². The Balaban J connectivity index is 1.51. The summed E-state index contributed by atoms with van der Waals surface area (Å²) in [4.78, 5) is 12.0. The van der Waals surface area contributed by atoms with Gasteiger partial charge in [-0.25, -0.2) is 0 Å². The van der Waals surface area contributed by atoms with Gasteiger partial charge in [-0.05, 0) is 48.4 Å². The van der Waals surface area contributed by atoms with Crippen molar-refractivity contribution in [2.45, 2.75) is 18.9 Å². The fraction of sp³-hybridized carbons (Fsp3) is 0.208. The van der Waals surface area contributed by atoms with Gasteiger partial charge in [0.05, 0.1) is 13.2 Å². The van der Waals surface area contributed by atoms with Gasteiger partial charge in [0.1, 0.15) is 17.0 Å². The van der Waals surface area contributed by atoms with Crippen molar-refractivity contribution in [3.8, 4) is 22.6 Å². The lowest BCUT2D eigenvalue weighted by Crippen LogP contribution is -2.51. The fourth-order valence-electron chi connectivity index (χ4n) is 2.84. The third kappa shape index (κ3) is 5.37. The Hall–Kier alpha value is -3.35. The number of aromatic hydroxyl groups is 1. The predicted octanol–water partition coefficient (Wildman–Crippen LogP) is 3.33. The van der Waals surface area contributed by atoms with E-state index in [4.69, 9.17) is 15.6 Å². The van der Waals surface area contributed by atoms with Gasteiger partial charge in [-0.2, -0.15) is 0 Å². The first-order chi connectivity index (χ1) is 14.4. The van der Waals surface area contributed by atoms with Crippen LogP contribution in [0.25, 0.3) is 11.1 Å². The zero-order valence-electron chi connectivity index (χ0n) is 16.8. The molecule has 30 heavy (non-hydrogen) atoms. The number of phenolic OH excluding ortho intramolecular Hbond substituents is 1. The van der Waals surface area contributed by atoms with Crippen molar-refractivity contribution in [1.82, 2.24) is 0 Å². The van der Waals surface area contributed by atoms with E-state index in [-0.39, 0.29) is 5.75 Å². The van der Waals surface area contributed by atoms with Crippen molar-refractivity contribution in [3.05, 3.63) is 78.4 Å². The van der Waals surface area contributed by atoms with Gasteiger partial charge in [-0.15, -0.1) is 0 Å². The number of carbonyl (C=O) groups is 1. The first-order valence-electron chi connectivity index (χ1n) is 9.70. The quantitative estimate of drug-likeness (QED) is 0.459. The molecule has 0 saturated carbocycles. The second-order valence-corrected chi connectivity index (χ2v) is 7.37. The van der Waals surface area contributed by atoms with E-state index in [2.05, 4.69) is 5.32 Å². The summed E-state index contributed by atoms with van der Waals surface area (Å²) < 4.78 is 5.77. The number of aliphatic hydroxyl groups excluding tert-OH is 1. The number of phenols is 1. The molecule has 6 heteroatoms. The molecule has 156 valence electrons. The molecule has 0 spiro atoms. The molecule has 3 rings (SSSR count). The van der Waals surface area contributed by atoms with Gasteiger partial charge in [0.2, 0.25) is 5.91 Å². The van der Waals surface area contributed by atoms with Crippen molar-refractivity contribution >= 4 is 11.6 Å². The number of nitrogens with two attached hydrogens (primary N) is 1. The summed E-state index contributed by atoms with van der Waals surface area (Å²) in [6.07, 6.45) is 0.738. The highest BCUT2D eigenvalue weighted by Crippen LogP contribution is 2.28. The van der Waals surface area contributed by atoms with Crippen LogP contribution in [-0.4, -0.2) is 34.9 Å². The third-order valence-electron chi connectivity index (χ3n) is 4.79. The summed E-state index contributed by atoms with van der Waals surface area (Å²) in [5.74, 6) is 0.503. The lowest BCUT2D eigenvalue weighted by atomic mass is 10.0. The smallest absolute Gasteiger partial charge is 0.246 e. The molecular weight excluding hydrogens is 380 g/mol. The van der Waals surface area contributed by atoms with Crippen LogP contribution in [0.2, 0.25) is 0 Å². The Morgan fingerprint density at radius 2 is 1.70 bits per heavy atom. The number of ether oxygens (including phenoxy) is 1. The molecule has 6 nitrogen and oxygen atoms in total. The number of hydrogen-bond donors (Lipinski definition) is 4. The molecule has 0 heterocycles. The Labute approximate surface area is 175 Å². The largest absolute Gasteiger partial charge is 0.507 e. The lowest BCUT2D eigenvalue weighted by molar-refractivity contribution is -0.121. The first kappa shape index (κ1) is 21.4. The minimum absolute atomic E-state index is 0.265. The molecule has 0 aromatic heterocycles. The Kier molecular flexibility index (Phi) is 6.72. The van der Waals surface area contributed by atoms with Gasteiger partial charge >= 0.3 is 0 Å². The van der Waals surface area contributed by atoms with Gasteiger partial charge in [-0.1, -0.05) is 42.5 Å². The van der Waals surface area contributed by atoms with Crippen LogP contribution in [0.1, 0.15) is 12.5 Å². The van der Waals surface area contributed by atoms with Gasteiger partial charge in [0.15, 0.2) is 0 Å². The van der Waals surface area contributed by atoms with E-state index in [1.807, 2.05) is 36.4 Å². The average Bonchev–Trinajstić information content (AvgIpc) is 2.76. The van der Waals surface area contributed by atoms with Crippen LogP contribution in [0.3, 0.4) is 0 Å². The van der Waals surface area contributed by atoms with E-state index in [9.17, 15) is 9.90 Å². The van der Waals surface area contributed by atoms with E-state index in [0.29, 0.717) is 18.0 Å². The zero-order chi connectivity index (χ0) is 21.6. The third-order valence-corrected chi connectivity index (χ3v) is 4.79. The summed E-state index contributed by atoms with van der Waals surface area (Å²) in [7, 11) is 0. The molecule has 0 aliphatic rings. The number of aliphatic hydroxyl groups is 1. The monoisotopic (exact) mass is 406 g/mol. The van der Waals surface area contributed by atoms with E-state index < -0.39 is 18.1 Å². The summed E-state index contributed by atoms with van der Waals surface area (Å²) in [6.45, 7) is 1.54. The molecule has 0 bridgehead atoms. The van der Waals surface area contributed by atoms with E-state index in [0.717, 1.165) is 23.1 Å². The maximum Gasteiger partial charge on any atom is 0.246 e. The topological polar surface area (TPSA) is 105 Å². The van der Waals surface area contributed by atoms with Gasteiger partial charge < -0.3 is 26.0 Å². The number of amides is 1. The highest BCUT2D eigenvalue weighted by atomic mass is 16.5. The lowest BCUT2D eigenvalue weighted by Gasteiger charge is -2.20. The Bertz CT molecular complexity index is 983. The molecule has 3 aromatic carbocycles. The van der Waals surface area contributed by atoms with Crippen LogP contribution >= 0.6 is 0 Å². The molecule has 0 aliphatic carbocycles. The Morgan fingerprint density at radius 1 is 1.03 bits per heavy atom. The van der Waals surface area contributed by atoms with Crippen LogP contribution in [-0.2, 0) is 11.2 Å². The van der Waals surface area contributed by atoms with Crippen molar-refractivity contribution in [2.75, 3.05) is 18.5 Å².